The summed E-state index contributed by atoms with van der Waals surface area (Å²) < 4.78 is 219. The molecule has 0 radical (unpaired) electrons. The normalized spacial score (nSPS) is 22.5. The van der Waals surface area contributed by atoms with E-state index in [4.69, 9.17) is 27.9 Å². The molecule has 5 fully saturated rings. The summed E-state index contributed by atoms with van der Waals surface area (Å²) in [6, 6.07) is 14.2. The zero-order valence-corrected chi connectivity index (χ0v) is 79.6. The molecule has 0 N–H and O–H groups in total. The van der Waals surface area contributed by atoms with Crippen molar-refractivity contribution in [1.82, 2.24) is 108 Å². The van der Waals surface area contributed by atoms with Crippen LogP contribution in [0.3, 0.4) is 0 Å². The Balaban J connectivity index is 0.000000125. The van der Waals surface area contributed by atoms with Gasteiger partial charge in [0.15, 0.2) is 23.3 Å². The number of anilines is 4. The fourth-order valence-electron chi connectivity index (χ4n) is 21.9. The first-order valence-corrected chi connectivity index (χ1v) is 48.2. The fraction of sp³-hybridized carbons (Fsp3) is 0.570. The van der Waals surface area contributed by atoms with E-state index in [1.54, 1.807) is 46.5 Å². The predicted molar refractivity (Wildman–Crippen MR) is 485 cm³/mol. The molecule has 4 saturated heterocycles. The van der Waals surface area contributed by atoms with Crippen molar-refractivity contribution in [1.29, 1.82) is 0 Å². The van der Waals surface area contributed by atoms with Crippen LogP contribution >= 0.6 is 23.2 Å². The molecule has 31 nitrogen and oxygen atoms in total. The monoisotopic (exact) mass is 2040 g/mol. The van der Waals surface area contributed by atoms with Crippen LogP contribution in [0.15, 0.2) is 73.3 Å². The van der Waals surface area contributed by atoms with Crippen molar-refractivity contribution in [2.45, 2.75) is 175 Å². The van der Waals surface area contributed by atoms with Crippen LogP contribution in [0.25, 0.3) is 21.8 Å². The third kappa shape index (κ3) is 21.3. The summed E-state index contributed by atoms with van der Waals surface area (Å²) >= 11 is 13.2. The highest BCUT2D eigenvalue weighted by molar-refractivity contribution is 6.33. The van der Waals surface area contributed by atoms with E-state index in [-0.39, 0.29) is 192 Å². The van der Waals surface area contributed by atoms with Gasteiger partial charge in [0.05, 0.1) is 83.7 Å². The quantitative estimate of drug-likeness (QED) is 0.103. The molecule has 0 spiro atoms. The van der Waals surface area contributed by atoms with Gasteiger partial charge in [-0.05, 0) is 117 Å². The van der Waals surface area contributed by atoms with Crippen LogP contribution in [-0.2, 0) is 122 Å². The maximum Gasteiger partial charge on any atom is 0.451 e. The van der Waals surface area contributed by atoms with Crippen LogP contribution in [-0.4, -0.2) is 250 Å². The zero-order valence-electron chi connectivity index (χ0n) is 78.1. The number of pyridine rings is 4. The zero-order chi connectivity index (χ0) is 101. The molecule has 8 atom stereocenters. The van der Waals surface area contributed by atoms with Crippen LogP contribution in [0.2, 0.25) is 10.0 Å². The van der Waals surface area contributed by atoms with Crippen molar-refractivity contribution in [3.63, 3.8) is 0 Å². The third-order valence-corrected chi connectivity index (χ3v) is 29.7. The Morgan fingerprint density at radius 3 is 1.07 bits per heavy atom. The Bertz CT molecular complexity index is 6350. The second-order valence-corrected chi connectivity index (χ2v) is 39.5. The third-order valence-electron chi connectivity index (χ3n) is 29.2. The number of halogens is 18. The summed E-state index contributed by atoms with van der Waals surface area (Å²) in [5.41, 5.74) is 8.99. The van der Waals surface area contributed by atoms with E-state index in [9.17, 15) is 89.4 Å². The minimum atomic E-state index is -4.61. The first kappa shape index (κ1) is 100. The van der Waals surface area contributed by atoms with E-state index < -0.39 is 60.7 Å². The summed E-state index contributed by atoms with van der Waals surface area (Å²) in [6.45, 7) is 16.4. The van der Waals surface area contributed by atoms with Gasteiger partial charge in [-0.2, -0.15) is 65.9 Å². The Labute approximate surface area is 814 Å². The molecule has 11 aliphatic rings. The number of hydrogen-bond acceptors (Lipinski definition) is 23. The lowest BCUT2D eigenvalue weighted by Gasteiger charge is -2.42. The SMILES string of the molecule is COc1ccc2c(N3CC[C@H](C(=O)N4CCn5c(nnc5C(F)(F)F)C4)[C@H](C)C3)ccnc2c1.C[C@@H]1CN(c2c(Cl)cnc3c2CCN(CC(F)(F)F)C3)CC[C@@H]1C(=O)N1CCn2c(nnc2C(F)(F)F)C1.C[C@@H]1CN(c2c(Cl)cnc3c2CCN(CC2CC2)C3)CC[C@@H]1C(=O)N1CCn2c(nnc2C(F)(F)F)C1.C[C@@H]1CN(c2ccnc3cc(F)ccc23)CC[C@@H]1C(=O)N1CCn2c(nnc2C(F)(F)F)C1. The van der Waals surface area contributed by atoms with E-state index in [2.05, 4.69) is 99.1 Å². The van der Waals surface area contributed by atoms with Gasteiger partial charge in [-0.1, -0.05) is 50.9 Å². The molecule has 8 aromatic heterocycles. The molecule has 49 heteroatoms. The minimum Gasteiger partial charge on any atom is -0.497 e. The number of fused-ring (bicyclic) bond motifs is 8. The standard InChI is InChI=1S/C25H31ClF3N7O.C23H26ClF6N7O.C23H25F3N6O2.C22H22F4N6O/c1-15-11-34(22-18-4-6-33(12-16-2-3-16)13-20(18)30-10-19(22)26)7-5-17(15)23(37)35-8-9-36-21(14-35)31-32-24(36)25(27,28)29;1-13-9-35(19-15-2-4-34(12-22(25,26)27)10-17(15)31-8-16(19)24)5-3-14(13)20(38)36-6-7-37-18(11-36)32-33-21(37)23(28,29)30;1-14-12-30(19-5-7-27-18-11-15(34-2)3-4-17(18)19)8-6-16(14)21(33)31-9-10-32-20(13-31)28-29-22(32)23(24,25)26;1-13-11-30(18-4-6-27-17-10-14(23)2-3-16(17)18)7-5-15(13)20(33)31-8-9-32-19(12-31)28-29-21(32)22(24,25)26/h10,15-17H,2-9,11-14H2,1H3;8,13-14H,2-7,9-12H2,1H3;3-5,7,11,14,16H,6,8-10,12-13H2,1-2H3;2-4,6,10,13,15H,5,7-9,11-12H2,1H3/t15-,17+;13-,14+;14-,16+;13-,15+/m1111/s1. The highest BCUT2D eigenvalue weighted by atomic mass is 35.5. The lowest BCUT2D eigenvalue weighted by atomic mass is 9.85. The van der Waals surface area contributed by atoms with Gasteiger partial charge in [0, 0.05) is 231 Å². The molecule has 21 rings (SSSR count). The minimum absolute atomic E-state index is 0.0199. The van der Waals surface area contributed by atoms with Gasteiger partial charge in [-0.15, -0.1) is 40.8 Å². The van der Waals surface area contributed by atoms with E-state index in [1.165, 1.54) is 46.5 Å². The lowest BCUT2D eigenvalue weighted by molar-refractivity contribution is -0.149. The number of carbonyl (C=O) groups is 4. The lowest BCUT2D eigenvalue weighted by Crippen LogP contribution is -2.49. The van der Waals surface area contributed by atoms with Crippen molar-refractivity contribution in [3.05, 3.63) is 158 Å². The molecule has 142 heavy (non-hydrogen) atoms. The maximum atomic E-state index is 13.6. The van der Waals surface area contributed by atoms with E-state index in [1.807, 2.05) is 44.2 Å². The van der Waals surface area contributed by atoms with Crippen LogP contribution < -0.4 is 24.3 Å². The first-order valence-electron chi connectivity index (χ1n) is 47.4. The number of hydrogen-bond donors (Lipinski definition) is 0. The highest BCUT2D eigenvalue weighted by Crippen LogP contribution is 2.46. The summed E-state index contributed by atoms with van der Waals surface area (Å²) in [5.74, 6) is -3.32. The number of ether oxygens (including phenoxy) is 1. The molecular weight excluding hydrogens is 1940 g/mol. The van der Waals surface area contributed by atoms with Gasteiger partial charge in [0.1, 0.15) is 11.6 Å². The molecular formula is C93H104Cl2F16N26O5. The van der Waals surface area contributed by atoms with Crippen LogP contribution in [0.1, 0.15) is 135 Å². The summed E-state index contributed by atoms with van der Waals surface area (Å²) in [4.78, 5) is 90.0. The van der Waals surface area contributed by atoms with Crippen molar-refractivity contribution in [2.24, 2.45) is 53.3 Å². The van der Waals surface area contributed by atoms with Gasteiger partial charge < -0.3 is 62.2 Å². The molecule has 18 heterocycles. The molecule has 2 aromatic carbocycles. The number of alkyl halides is 15. The Hall–Kier alpha value is -11.6. The molecule has 4 amide bonds. The van der Waals surface area contributed by atoms with E-state index in [0.29, 0.717) is 106 Å². The number of amides is 4. The van der Waals surface area contributed by atoms with Crippen LogP contribution in [0.5, 0.6) is 5.75 Å². The summed E-state index contributed by atoms with van der Waals surface area (Å²) in [7, 11) is 1.62. The van der Waals surface area contributed by atoms with Crippen molar-refractivity contribution in [3.8, 4) is 5.75 Å². The average molecular weight is 2040 g/mol. The molecule has 10 aliphatic heterocycles. The Kier molecular flexibility index (Phi) is 28.4. The molecule has 1 saturated carbocycles. The van der Waals surface area contributed by atoms with Gasteiger partial charge in [0.25, 0.3) is 0 Å². The van der Waals surface area contributed by atoms with E-state index >= 15 is 0 Å². The van der Waals surface area contributed by atoms with Crippen molar-refractivity contribution < 1.29 is 94.2 Å². The first-order chi connectivity index (χ1) is 67.5. The van der Waals surface area contributed by atoms with Gasteiger partial charge in [-0.25, -0.2) is 4.39 Å². The number of nitrogens with zero attached hydrogens (tertiary/aromatic N) is 26. The van der Waals surface area contributed by atoms with Gasteiger partial charge >= 0.3 is 30.9 Å². The Morgan fingerprint density at radius 1 is 0.387 bits per heavy atom. The number of aromatic nitrogens is 16. The van der Waals surface area contributed by atoms with Gasteiger partial charge in [0.2, 0.25) is 46.9 Å². The fourth-order valence-corrected chi connectivity index (χ4v) is 22.4. The smallest absolute Gasteiger partial charge is 0.451 e. The van der Waals surface area contributed by atoms with Crippen molar-refractivity contribution >= 4 is 91.4 Å². The summed E-state index contributed by atoms with van der Waals surface area (Å²) in [6.07, 6.45) is -9.50. The number of piperidine rings is 4. The molecule has 10 aromatic rings. The molecule has 0 unspecified atom stereocenters. The number of methoxy groups -OCH3 is 1. The molecule has 0 bridgehead atoms. The second-order valence-electron chi connectivity index (χ2n) is 38.6. The number of carbonyl (C=O) groups excluding carboxylic acids is 4. The van der Waals surface area contributed by atoms with Crippen molar-refractivity contribution in [2.75, 3.05) is 131 Å². The molecule has 1 aliphatic carbocycles. The predicted octanol–water partition coefficient (Wildman–Crippen LogP) is 14.2. The largest absolute Gasteiger partial charge is 0.497 e. The van der Waals surface area contributed by atoms with E-state index in [0.717, 1.165) is 106 Å². The topological polar surface area (TPSA) is 284 Å². The molecule has 762 valence electrons. The maximum absolute atomic E-state index is 13.6. The summed E-state index contributed by atoms with van der Waals surface area (Å²) in [5, 5.41) is 30.8. The second kappa shape index (κ2) is 40.2. The average Bonchev–Trinajstić information content (AvgIpc) is 1.17. The highest BCUT2D eigenvalue weighted by Gasteiger charge is 2.49. The van der Waals surface area contributed by atoms with Crippen LogP contribution in [0, 0.1) is 59.1 Å². The van der Waals surface area contributed by atoms with Crippen LogP contribution in [0.4, 0.5) is 93.0 Å². The number of benzene rings is 2. The number of rotatable bonds is 12. The Morgan fingerprint density at radius 2 is 0.725 bits per heavy atom. The van der Waals surface area contributed by atoms with Gasteiger partial charge in [-0.3, -0.25) is 48.9 Å².